The van der Waals surface area contributed by atoms with Gasteiger partial charge in [0.15, 0.2) is 0 Å². The van der Waals surface area contributed by atoms with Gasteiger partial charge in [-0.1, -0.05) is 36.5 Å². The number of allylic oxidation sites excluding steroid dienone is 4. The van der Waals surface area contributed by atoms with Crippen molar-refractivity contribution in [3.05, 3.63) is 36.5 Å². The van der Waals surface area contributed by atoms with Gasteiger partial charge in [0, 0.05) is 6.54 Å². The van der Waals surface area contributed by atoms with Gasteiger partial charge in [0.2, 0.25) is 0 Å². The van der Waals surface area contributed by atoms with Crippen molar-refractivity contribution >= 4 is 0 Å². The third-order valence-corrected chi connectivity index (χ3v) is 2.30. The number of likely N-dealkylation sites (tertiary alicyclic amines) is 1. The highest BCUT2D eigenvalue weighted by Crippen LogP contribution is 2.09. The summed E-state index contributed by atoms with van der Waals surface area (Å²) >= 11 is 0. The lowest BCUT2D eigenvalue weighted by atomic mass is 10.2. The van der Waals surface area contributed by atoms with Gasteiger partial charge < -0.3 is 0 Å². The largest absolute Gasteiger partial charge is 0.299 e. The molecular weight excluding hydrogens is 182 g/mol. The van der Waals surface area contributed by atoms with Gasteiger partial charge in [-0.2, -0.15) is 0 Å². The predicted molar refractivity (Wildman–Crippen MR) is 68.7 cm³/mol. The molecule has 0 spiro atoms. The molecule has 1 nitrogen and oxygen atoms in total. The van der Waals surface area contributed by atoms with Crippen LogP contribution in [0.2, 0.25) is 0 Å². The van der Waals surface area contributed by atoms with E-state index in [-0.39, 0.29) is 0 Å². The van der Waals surface area contributed by atoms with Crippen LogP contribution in [0, 0.1) is 12.8 Å². The van der Waals surface area contributed by atoms with E-state index in [4.69, 9.17) is 0 Å². The molecule has 0 aliphatic carbocycles. The molecule has 0 aromatic heterocycles. The highest BCUT2D eigenvalue weighted by atomic mass is 15.1. The Hall–Kier alpha value is -1.26. The Morgan fingerprint density at radius 2 is 1.87 bits per heavy atom. The quantitative estimate of drug-likeness (QED) is 0.501. The fourth-order valence-corrected chi connectivity index (χ4v) is 1.64. The van der Waals surface area contributed by atoms with E-state index in [1.165, 1.54) is 31.5 Å². The van der Waals surface area contributed by atoms with Crippen LogP contribution >= 0.6 is 0 Å². The zero-order valence-corrected chi connectivity index (χ0v) is 9.65. The molecule has 0 N–H and O–H groups in total. The van der Waals surface area contributed by atoms with Crippen LogP contribution in [0.1, 0.15) is 19.8 Å². The Morgan fingerprint density at radius 1 is 1.27 bits per heavy atom. The van der Waals surface area contributed by atoms with Crippen molar-refractivity contribution in [1.82, 2.24) is 4.90 Å². The Kier molecular flexibility index (Phi) is 8.52. The molecule has 1 aliphatic heterocycles. The zero-order valence-electron chi connectivity index (χ0n) is 9.65. The Morgan fingerprint density at radius 3 is 2.40 bits per heavy atom. The van der Waals surface area contributed by atoms with Gasteiger partial charge in [0.05, 0.1) is 0 Å². The minimum Gasteiger partial charge on any atom is -0.299 e. The van der Waals surface area contributed by atoms with Crippen molar-refractivity contribution in [2.75, 3.05) is 19.6 Å². The van der Waals surface area contributed by atoms with Gasteiger partial charge in [-0.3, -0.25) is 4.90 Å². The van der Waals surface area contributed by atoms with Crippen molar-refractivity contribution in [2.24, 2.45) is 0 Å². The molecule has 1 rings (SSSR count). The van der Waals surface area contributed by atoms with Gasteiger partial charge in [-0.15, -0.1) is 12.8 Å². The number of nitrogens with zero attached hydrogens (tertiary/aromatic N) is 1. The Balaban J connectivity index is 0.000000921. The van der Waals surface area contributed by atoms with Crippen LogP contribution in [0.4, 0.5) is 0 Å². The van der Waals surface area contributed by atoms with Crippen LogP contribution in [0.25, 0.3) is 0 Å². The fraction of sp³-hybridized carbons (Fsp3) is 0.429. The van der Waals surface area contributed by atoms with Crippen LogP contribution in [0.3, 0.4) is 0 Å². The van der Waals surface area contributed by atoms with Gasteiger partial charge in [-0.05, 0) is 32.9 Å². The molecule has 0 atom stereocenters. The number of hydrogen-bond donors (Lipinski definition) is 0. The zero-order chi connectivity index (χ0) is 11.5. The van der Waals surface area contributed by atoms with E-state index in [0.29, 0.717) is 0 Å². The summed E-state index contributed by atoms with van der Waals surface area (Å²) in [5.41, 5.74) is 1.43. The summed E-state index contributed by atoms with van der Waals surface area (Å²) in [6.45, 7) is 9.50. The summed E-state index contributed by atoms with van der Waals surface area (Å²) in [7, 11) is 0. The molecular formula is C14H21N. The van der Waals surface area contributed by atoms with Gasteiger partial charge in [-0.25, -0.2) is 0 Å². The first-order chi connectivity index (χ1) is 7.33. The smallest absolute Gasteiger partial charge is 0.0193 e. The maximum Gasteiger partial charge on any atom is 0.0193 e. The average Bonchev–Trinajstić information content (AvgIpc) is 2.74. The third-order valence-electron chi connectivity index (χ3n) is 2.30. The first-order valence-electron chi connectivity index (χ1n) is 5.33. The minimum absolute atomic E-state index is 1.13. The van der Waals surface area contributed by atoms with E-state index in [1.807, 2.05) is 6.08 Å². The van der Waals surface area contributed by atoms with Gasteiger partial charge in [0.1, 0.15) is 0 Å². The van der Waals surface area contributed by atoms with Gasteiger partial charge in [0.25, 0.3) is 0 Å². The molecule has 0 radical (unpaired) electrons. The molecule has 0 aromatic rings. The maximum absolute atomic E-state index is 4.00. The van der Waals surface area contributed by atoms with Gasteiger partial charge >= 0.3 is 0 Å². The van der Waals surface area contributed by atoms with E-state index >= 15 is 0 Å². The Labute approximate surface area is 94.2 Å². The van der Waals surface area contributed by atoms with Crippen LogP contribution in [0.15, 0.2) is 36.5 Å². The molecule has 0 amide bonds. The number of hydrogen-bond acceptors (Lipinski definition) is 1. The molecule has 82 valence electrons. The summed E-state index contributed by atoms with van der Waals surface area (Å²) in [5, 5.41) is 0. The van der Waals surface area contributed by atoms with E-state index in [2.05, 4.69) is 43.4 Å². The lowest BCUT2D eigenvalue weighted by molar-refractivity contribution is 0.368. The number of terminal acetylenes is 1. The highest BCUT2D eigenvalue weighted by Gasteiger charge is 2.10. The van der Waals surface area contributed by atoms with E-state index in [1.54, 1.807) is 6.08 Å². The molecule has 1 saturated heterocycles. The summed E-state index contributed by atoms with van der Waals surface area (Å²) in [6, 6.07) is 0. The SMILES string of the molecule is C#C.C=C/C=C\C=C(/C)CN1CCCC1. The second-order valence-corrected chi connectivity index (χ2v) is 3.62. The summed E-state index contributed by atoms with van der Waals surface area (Å²) in [6.07, 6.45) is 18.7. The molecule has 1 heteroatoms. The summed E-state index contributed by atoms with van der Waals surface area (Å²) < 4.78 is 0. The summed E-state index contributed by atoms with van der Waals surface area (Å²) in [5.74, 6) is 0. The molecule has 1 aliphatic rings. The van der Waals surface area contributed by atoms with Crippen molar-refractivity contribution in [1.29, 1.82) is 0 Å². The predicted octanol–water partition coefficient (Wildman–Crippen LogP) is 3.02. The third kappa shape index (κ3) is 6.76. The van der Waals surface area contributed by atoms with Crippen molar-refractivity contribution < 1.29 is 0 Å². The molecule has 0 unspecified atom stereocenters. The van der Waals surface area contributed by atoms with E-state index in [0.717, 1.165) is 6.54 Å². The second kappa shape index (κ2) is 9.30. The standard InChI is InChI=1S/C12H19N.C2H2/c1-3-4-5-8-12(2)11-13-9-6-7-10-13;1-2/h3-5,8H,1,6-7,9-11H2,2H3;1-2H/b5-4-,12-8+;. The van der Waals surface area contributed by atoms with E-state index < -0.39 is 0 Å². The average molecular weight is 203 g/mol. The normalized spacial score (nSPS) is 17.4. The molecule has 15 heavy (non-hydrogen) atoms. The molecule has 0 saturated carbocycles. The van der Waals surface area contributed by atoms with Crippen molar-refractivity contribution in [2.45, 2.75) is 19.8 Å². The molecule has 0 bridgehead atoms. The summed E-state index contributed by atoms with van der Waals surface area (Å²) in [4.78, 5) is 2.51. The van der Waals surface area contributed by atoms with Crippen molar-refractivity contribution in [3.63, 3.8) is 0 Å². The lowest BCUT2D eigenvalue weighted by Crippen LogP contribution is -2.20. The first kappa shape index (κ1) is 13.7. The second-order valence-electron chi connectivity index (χ2n) is 3.62. The lowest BCUT2D eigenvalue weighted by Gasteiger charge is -2.13. The molecule has 0 aromatic carbocycles. The Bertz CT molecular complexity index is 239. The topological polar surface area (TPSA) is 3.24 Å². The van der Waals surface area contributed by atoms with Crippen molar-refractivity contribution in [3.8, 4) is 12.8 Å². The fourth-order valence-electron chi connectivity index (χ4n) is 1.64. The molecule has 1 fully saturated rings. The monoisotopic (exact) mass is 203 g/mol. The first-order valence-corrected chi connectivity index (χ1v) is 5.33. The highest BCUT2D eigenvalue weighted by molar-refractivity contribution is 5.15. The number of rotatable bonds is 4. The molecule has 1 heterocycles. The minimum atomic E-state index is 1.13. The maximum atomic E-state index is 4.00. The van der Waals surface area contributed by atoms with Crippen LogP contribution in [-0.2, 0) is 0 Å². The van der Waals surface area contributed by atoms with Crippen LogP contribution in [0.5, 0.6) is 0 Å². The van der Waals surface area contributed by atoms with E-state index in [9.17, 15) is 0 Å². The van der Waals surface area contributed by atoms with Crippen LogP contribution < -0.4 is 0 Å². The van der Waals surface area contributed by atoms with Crippen LogP contribution in [-0.4, -0.2) is 24.5 Å².